The number of aromatic amines is 1. The smallest absolute Gasteiger partial charge is 0.417 e. The van der Waals surface area contributed by atoms with E-state index < -0.39 is 11.7 Å². The summed E-state index contributed by atoms with van der Waals surface area (Å²) < 4.78 is 11.2. The maximum absolute atomic E-state index is 13.4. The average molecular weight is 528 g/mol. The van der Waals surface area contributed by atoms with Gasteiger partial charge in [0.1, 0.15) is 18.0 Å². The van der Waals surface area contributed by atoms with Gasteiger partial charge in [0.15, 0.2) is 5.82 Å². The highest BCUT2D eigenvalue weighted by atomic mass is 16.6. The molecule has 1 aromatic carbocycles. The lowest BCUT2D eigenvalue weighted by atomic mass is 9.90. The standard InChI is InChI=1S/C29H29N5O5/c1-5-22(35)33-12-13-38-21-9-7-16(14-20(21)33)26-30-15-17-6-8-18-23-19(31-25(18)24(17)32-26)10-11-34(27(23)36)28(37)39-29(2,3)4/h5,7,9,14-15,31H,1,6,8,10-13H2,2-4H3. The van der Waals surface area contributed by atoms with E-state index >= 15 is 0 Å². The van der Waals surface area contributed by atoms with Crippen LogP contribution in [0.3, 0.4) is 0 Å². The molecule has 1 N–H and O–H groups in total. The van der Waals surface area contributed by atoms with Gasteiger partial charge in [-0.25, -0.2) is 19.7 Å². The minimum atomic E-state index is -0.694. The van der Waals surface area contributed by atoms with Crippen molar-refractivity contribution in [3.05, 3.63) is 59.4 Å². The first-order valence-corrected chi connectivity index (χ1v) is 13.0. The van der Waals surface area contributed by atoms with Crippen LogP contribution in [0.2, 0.25) is 0 Å². The minimum absolute atomic E-state index is 0.199. The molecule has 0 atom stereocenters. The highest BCUT2D eigenvalue weighted by Gasteiger charge is 2.38. The van der Waals surface area contributed by atoms with Crippen molar-refractivity contribution in [3.63, 3.8) is 0 Å². The van der Waals surface area contributed by atoms with Crippen LogP contribution in [0, 0.1) is 0 Å². The monoisotopic (exact) mass is 527 g/mol. The third-order valence-electron chi connectivity index (χ3n) is 7.11. The van der Waals surface area contributed by atoms with E-state index in [0.717, 1.165) is 33.8 Å². The van der Waals surface area contributed by atoms with Crippen LogP contribution >= 0.6 is 0 Å². The van der Waals surface area contributed by atoms with Gasteiger partial charge >= 0.3 is 6.09 Å². The van der Waals surface area contributed by atoms with Crippen molar-refractivity contribution in [2.45, 2.75) is 45.6 Å². The second-order valence-electron chi connectivity index (χ2n) is 10.8. The number of anilines is 1. The maximum Gasteiger partial charge on any atom is 0.417 e. The number of hydrogen-bond donors (Lipinski definition) is 1. The zero-order valence-corrected chi connectivity index (χ0v) is 22.2. The van der Waals surface area contributed by atoms with Gasteiger partial charge in [0.2, 0.25) is 0 Å². The second-order valence-corrected chi connectivity index (χ2v) is 10.8. The Labute approximate surface area is 225 Å². The zero-order valence-electron chi connectivity index (χ0n) is 22.2. The van der Waals surface area contributed by atoms with Crippen LogP contribution in [-0.4, -0.2) is 63.1 Å². The molecule has 0 bridgehead atoms. The number of nitrogens with one attached hydrogen (secondary N) is 1. The van der Waals surface area contributed by atoms with Crippen LogP contribution in [0.5, 0.6) is 5.75 Å². The Bertz CT molecular complexity index is 1550. The third-order valence-corrected chi connectivity index (χ3v) is 7.11. The molecule has 2 aliphatic heterocycles. The Morgan fingerprint density at radius 1 is 1.15 bits per heavy atom. The molecule has 0 saturated heterocycles. The molecular weight excluding hydrogens is 498 g/mol. The number of fused-ring (bicyclic) bond motifs is 6. The first kappa shape index (κ1) is 24.8. The summed E-state index contributed by atoms with van der Waals surface area (Å²) >= 11 is 0. The molecule has 10 nitrogen and oxygen atoms in total. The molecule has 39 heavy (non-hydrogen) atoms. The molecule has 0 fully saturated rings. The molecule has 0 unspecified atom stereocenters. The van der Waals surface area contributed by atoms with E-state index in [1.165, 1.54) is 11.0 Å². The number of hydrogen-bond acceptors (Lipinski definition) is 7. The fraction of sp³-hybridized carbons (Fsp3) is 0.345. The van der Waals surface area contributed by atoms with Crippen molar-refractivity contribution in [1.82, 2.24) is 19.9 Å². The number of carbonyl (C=O) groups excluding carboxylic acids is 3. The van der Waals surface area contributed by atoms with Gasteiger partial charge in [0.05, 0.1) is 29.2 Å². The summed E-state index contributed by atoms with van der Waals surface area (Å²) in [6.07, 6.45) is 4.30. The molecular formula is C29H29N5O5. The summed E-state index contributed by atoms with van der Waals surface area (Å²) in [5, 5.41) is 0. The molecule has 10 heteroatoms. The Hall–Kier alpha value is -4.47. The van der Waals surface area contributed by atoms with Crippen molar-refractivity contribution in [1.29, 1.82) is 0 Å². The highest BCUT2D eigenvalue weighted by molar-refractivity contribution is 6.07. The predicted molar refractivity (Wildman–Crippen MR) is 144 cm³/mol. The Morgan fingerprint density at radius 2 is 1.97 bits per heavy atom. The van der Waals surface area contributed by atoms with E-state index in [1.54, 1.807) is 25.7 Å². The van der Waals surface area contributed by atoms with Gasteiger partial charge in [0.25, 0.3) is 11.8 Å². The molecule has 6 rings (SSSR count). The summed E-state index contributed by atoms with van der Waals surface area (Å²) in [5.41, 5.74) is 5.40. The molecule has 0 saturated carbocycles. The number of ether oxygens (including phenoxy) is 2. The fourth-order valence-electron chi connectivity index (χ4n) is 5.35. The summed E-state index contributed by atoms with van der Waals surface area (Å²) in [7, 11) is 0. The Balaban J connectivity index is 1.37. The molecule has 2 aromatic heterocycles. The third kappa shape index (κ3) is 4.25. The molecule has 200 valence electrons. The van der Waals surface area contributed by atoms with Crippen LogP contribution in [0.15, 0.2) is 37.1 Å². The van der Waals surface area contributed by atoms with E-state index in [2.05, 4.69) is 16.5 Å². The predicted octanol–water partition coefficient (Wildman–Crippen LogP) is 4.08. The van der Waals surface area contributed by atoms with Crippen molar-refractivity contribution in [2.24, 2.45) is 0 Å². The van der Waals surface area contributed by atoms with Crippen LogP contribution in [-0.2, 0) is 28.8 Å². The number of aryl methyl sites for hydroxylation is 1. The molecule has 3 aromatic rings. The fourth-order valence-corrected chi connectivity index (χ4v) is 5.35. The van der Waals surface area contributed by atoms with E-state index in [4.69, 9.17) is 14.5 Å². The number of imide groups is 1. The van der Waals surface area contributed by atoms with Crippen molar-refractivity contribution in [2.75, 3.05) is 24.6 Å². The van der Waals surface area contributed by atoms with Crippen molar-refractivity contribution in [3.8, 4) is 28.5 Å². The van der Waals surface area contributed by atoms with Crippen LogP contribution < -0.4 is 9.64 Å². The lowest BCUT2D eigenvalue weighted by molar-refractivity contribution is -0.114. The number of rotatable bonds is 2. The SMILES string of the molecule is C=CC(=O)N1CCOc2ccc(-c3ncc4c(n3)-c3[nH]c5c(c3CC4)C(=O)N(C(=O)OC(C)(C)C)CC5)cc21. The van der Waals surface area contributed by atoms with Crippen LogP contribution in [0.4, 0.5) is 10.5 Å². The summed E-state index contributed by atoms with van der Waals surface area (Å²) in [5.74, 6) is 0.568. The van der Waals surface area contributed by atoms with Gasteiger partial charge in [-0.1, -0.05) is 6.58 Å². The van der Waals surface area contributed by atoms with Crippen molar-refractivity contribution < 1.29 is 23.9 Å². The molecule has 0 radical (unpaired) electrons. The van der Waals surface area contributed by atoms with Gasteiger partial charge in [-0.05, 0) is 69.0 Å². The van der Waals surface area contributed by atoms with Crippen molar-refractivity contribution >= 4 is 23.6 Å². The van der Waals surface area contributed by atoms with Gasteiger partial charge in [0, 0.05) is 30.4 Å². The van der Waals surface area contributed by atoms with Crippen LogP contribution in [0.1, 0.15) is 48.0 Å². The number of aromatic nitrogens is 3. The summed E-state index contributed by atoms with van der Waals surface area (Å²) in [4.78, 5) is 54.4. The van der Waals surface area contributed by atoms with Gasteiger partial charge in [-0.3, -0.25) is 9.59 Å². The zero-order chi connectivity index (χ0) is 27.5. The quantitative estimate of drug-likeness (QED) is 0.499. The number of benzene rings is 1. The topological polar surface area (TPSA) is 118 Å². The van der Waals surface area contributed by atoms with Gasteiger partial charge in [-0.2, -0.15) is 0 Å². The van der Waals surface area contributed by atoms with Gasteiger partial charge in [-0.15, -0.1) is 0 Å². The number of H-pyrrole nitrogens is 1. The molecule has 4 heterocycles. The Kier molecular flexibility index (Phi) is 5.78. The molecule has 3 aliphatic rings. The van der Waals surface area contributed by atoms with Gasteiger partial charge < -0.3 is 19.4 Å². The Morgan fingerprint density at radius 3 is 2.74 bits per heavy atom. The number of nitrogens with zero attached hydrogens (tertiary/aromatic N) is 4. The second kappa shape index (κ2) is 9.07. The molecule has 1 aliphatic carbocycles. The summed E-state index contributed by atoms with van der Waals surface area (Å²) in [6.45, 7) is 10.0. The maximum atomic E-state index is 13.4. The molecule has 0 spiro atoms. The van der Waals surface area contributed by atoms with Crippen LogP contribution in [0.25, 0.3) is 22.8 Å². The lowest BCUT2D eigenvalue weighted by Crippen LogP contribution is -2.44. The number of carbonyl (C=O) groups is 3. The minimum Gasteiger partial charge on any atom is -0.490 e. The van der Waals surface area contributed by atoms with E-state index in [1.807, 2.05) is 24.4 Å². The molecule has 3 amide bonds. The first-order chi connectivity index (χ1) is 18.6. The first-order valence-electron chi connectivity index (χ1n) is 13.0. The lowest BCUT2D eigenvalue weighted by Gasteiger charge is -2.29. The van der Waals surface area contributed by atoms with E-state index in [-0.39, 0.29) is 18.4 Å². The van der Waals surface area contributed by atoms with E-state index in [0.29, 0.717) is 55.2 Å². The van der Waals surface area contributed by atoms with E-state index in [9.17, 15) is 14.4 Å². The number of amides is 3. The largest absolute Gasteiger partial charge is 0.490 e. The highest BCUT2D eigenvalue weighted by Crippen LogP contribution is 2.39. The normalized spacial score (nSPS) is 15.9. The average Bonchev–Trinajstić information content (AvgIpc) is 3.31. The summed E-state index contributed by atoms with van der Waals surface area (Å²) in [6, 6.07) is 5.54.